The molecular formula is C21H29N3O2. The van der Waals surface area contributed by atoms with Gasteiger partial charge in [0.2, 0.25) is 5.91 Å². The van der Waals surface area contributed by atoms with Gasteiger partial charge < -0.3 is 9.80 Å². The van der Waals surface area contributed by atoms with E-state index in [1.807, 2.05) is 44.2 Å². The van der Waals surface area contributed by atoms with Gasteiger partial charge in [-0.3, -0.25) is 14.6 Å². The molecule has 5 nitrogen and oxygen atoms in total. The Labute approximate surface area is 156 Å². The zero-order chi connectivity index (χ0) is 18.7. The molecule has 0 saturated heterocycles. The molecule has 0 atom stereocenters. The second-order valence-corrected chi connectivity index (χ2v) is 7.45. The highest BCUT2D eigenvalue weighted by Gasteiger charge is 2.49. The van der Waals surface area contributed by atoms with Crippen molar-refractivity contribution >= 4 is 17.5 Å². The van der Waals surface area contributed by atoms with E-state index in [1.165, 1.54) is 0 Å². The van der Waals surface area contributed by atoms with E-state index >= 15 is 0 Å². The second-order valence-electron chi connectivity index (χ2n) is 7.45. The minimum absolute atomic E-state index is 0.00542. The molecule has 0 N–H and O–H groups in total. The van der Waals surface area contributed by atoms with Gasteiger partial charge in [0.25, 0.3) is 5.91 Å². The van der Waals surface area contributed by atoms with Crippen LogP contribution in [0.5, 0.6) is 0 Å². The molecule has 3 rings (SSSR count). The largest absolute Gasteiger partial charge is 0.342 e. The maximum Gasteiger partial charge on any atom is 0.275 e. The number of carbonyl (C=O) groups excluding carboxylic acids is 2. The fraction of sp³-hybridized carbons (Fsp3) is 0.571. The number of carbonyl (C=O) groups is 2. The molecule has 26 heavy (non-hydrogen) atoms. The van der Waals surface area contributed by atoms with Gasteiger partial charge in [-0.05, 0) is 45.4 Å². The number of amides is 2. The zero-order valence-electron chi connectivity index (χ0n) is 16.1. The summed E-state index contributed by atoms with van der Waals surface area (Å²) >= 11 is 0. The maximum absolute atomic E-state index is 13.2. The van der Waals surface area contributed by atoms with Gasteiger partial charge in [-0.1, -0.05) is 37.3 Å². The zero-order valence-corrected chi connectivity index (χ0v) is 16.1. The smallest absolute Gasteiger partial charge is 0.275 e. The van der Waals surface area contributed by atoms with Crippen molar-refractivity contribution in [2.75, 3.05) is 19.6 Å². The van der Waals surface area contributed by atoms with E-state index in [-0.39, 0.29) is 18.4 Å². The fourth-order valence-electron chi connectivity index (χ4n) is 4.05. The van der Waals surface area contributed by atoms with E-state index in [4.69, 9.17) is 4.99 Å². The summed E-state index contributed by atoms with van der Waals surface area (Å²) in [6, 6.07) is 9.62. The van der Waals surface area contributed by atoms with E-state index in [9.17, 15) is 9.59 Å². The van der Waals surface area contributed by atoms with E-state index in [2.05, 4.69) is 6.92 Å². The van der Waals surface area contributed by atoms with Crippen LogP contribution in [0.2, 0.25) is 0 Å². The molecule has 1 aromatic carbocycles. The predicted molar refractivity (Wildman–Crippen MR) is 103 cm³/mol. The average molecular weight is 355 g/mol. The average Bonchev–Trinajstić information content (AvgIpc) is 2.92. The summed E-state index contributed by atoms with van der Waals surface area (Å²) in [7, 11) is 0. The number of aliphatic imine (C=N–C) groups is 1. The Morgan fingerprint density at radius 3 is 2.38 bits per heavy atom. The van der Waals surface area contributed by atoms with Crippen LogP contribution in [-0.2, 0) is 9.59 Å². The number of hydrogen-bond acceptors (Lipinski definition) is 3. The van der Waals surface area contributed by atoms with Crippen LogP contribution in [0.25, 0.3) is 0 Å². The van der Waals surface area contributed by atoms with Crippen LogP contribution >= 0.6 is 0 Å². The summed E-state index contributed by atoms with van der Waals surface area (Å²) in [6.07, 6.45) is 3.74. The Balaban J connectivity index is 1.92. The monoisotopic (exact) mass is 355 g/mol. The molecule has 2 aliphatic rings. The molecule has 1 heterocycles. The molecule has 0 bridgehead atoms. The standard InChI is InChI=1S/C21H29N3O2/c1-4-23(5-2)18(25)15-24-20(26)19(17-9-7-6-8-10-17)22-21(24)13-11-16(3)12-14-21/h6-10,16H,4-5,11-15H2,1-3H3. The van der Waals surface area contributed by atoms with Gasteiger partial charge in [0.1, 0.15) is 17.9 Å². The first kappa shape index (κ1) is 18.6. The maximum atomic E-state index is 13.2. The molecule has 0 unspecified atom stereocenters. The van der Waals surface area contributed by atoms with E-state index in [0.29, 0.717) is 24.7 Å². The predicted octanol–water partition coefficient (Wildman–Crippen LogP) is 3.09. The SMILES string of the molecule is CCN(CC)C(=O)CN1C(=O)C(c2ccccc2)=NC12CCC(C)CC2. The molecule has 5 heteroatoms. The van der Waals surface area contributed by atoms with Gasteiger partial charge in [0.05, 0.1) is 0 Å². The van der Waals surface area contributed by atoms with Gasteiger partial charge in [-0.2, -0.15) is 0 Å². The molecular weight excluding hydrogens is 326 g/mol. The third-order valence-corrected chi connectivity index (χ3v) is 5.80. The summed E-state index contributed by atoms with van der Waals surface area (Å²) in [5, 5.41) is 0. The van der Waals surface area contributed by atoms with Gasteiger partial charge in [0.15, 0.2) is 0 Å². The summed E-state index contributed by atoms with van der Waals surface area (Å²) in [5.74, 6) is 0.546. The van der Waals surface area contributed by atoms with Crippen molar-refractivity contribution in [2.45, 2.75) is 52.1 Å². The van der Waals surface area contributed by atoms with Gasteiger partial charge in [-0.15, -0.1) is 0 Å². The highest BCUT2D eigenvalue weighted by atomic mass is 16.2. The molecule has 1 aliphatic heterocycles. The molecule has 2 amide bonds. The van der Waals surface area contributed by atoms with E-state index in [0.717, 1.165) is 31.2 Å². The quantitative estimate of drug-likeness (QED) is 0.815. The highest BCUT2D eigenvalue weighted by molar-refractivity contribution is 6.47. The summed E-state index contributed by atoms with van der Waals surface area (Å²) in [5.41, 5.74) is 0.804. The Morgan fingerprint density at radius 1 is 1.19 bits per heavy atom. The first-order valence-corrected chi connectivity index (χ1v) is 9.75. The van der Waals surface area contributed by atoms with Crippen molar-refractivity contribution in [3.05, 3.63) is 35.9 Å². The molecule has 140 valence electrons. The summed E-state index contributed by atoms with van der Waals surface area (Å²) < 4.78 is 0. The Hall–Kier alpha value is -2.17. The Bertz CT molecular complexity index is 686. The van der Waals surface area contributed by atoms with Gasteiger partial charge >= 0.3 is 0 Å². The van der Waals surface area contributed by atoms with Crippen molar-refractivity contribution in [1.82, 2.24) is 9.80 Å². The fourth-order valence-corrected chi connectivity index (χ4v) is 4.05. The third-order valence-electron chi connectivity index (χ3n) is 5.80. The number of nitrogens with zero attached hydrogens (tertiary/aromatic N) is 3. The lowest BCUT2D eigenvalue weighted by atomic mass is 9.82. The number of hydrogen-bond donors (Lipinski definition) is 0. The van der Waals surface area contributed by atoms with Crippen LogP contribution in [0.1, 0.15) is 52.0 Å². The van der Waals surface area contributed by atoms with Gasteiger partial charge in [0, 0.05) is 18.7 Å². The molecule has 1 saturated carbocycles. The van der Waals surface area contributed by atoms with Crippen LogP contribution in [0.15, 0.2) is 35.3 Å². The third kappa shape index (κ3) is 3.39. The van der Waals surface area contributed by atoms with Crippen molar-refractivity contribution in [2.24, 2.45) is 10.9 Å². The lowest BCUT2D eigenvalue weighted by Gasteiger charge is -2.41. The number of benzene rings is 1. The molecule has 1 fully saturated rings. The Morgan fingerprint density at radius 2 is 1.81 bits per heavy atom. The van der Waals surface area contributed by atoms with Crippen molar-refractivity contribution in [1.29, 1.82) is 0 Å². The summed E-state index contributed by atoms with van der Waals surface area (Å²) in [4.78, 5) is 34.4. The minimum Gasteiger partial charge on any atom is -0.342 e. The van der Waals surface area contributed by atoms with Gasteiger partial charge in [-0.25, -0.2) is 0 Å². The van der Waals surface area contributed by atoms with E-state index < -0.39 is 5.66 Å². The number of likely N-dealkylation sites (N-methyl/N-ethyl adjacent to an activating group) is 1. The van der Waals surface area contributed by atoms with Crippen molar-refractivity contribution in [3.63, 3.8) is 0 Å². The van der Waals surface area contributed by atoms with Crippen molar-refractivity contribution in [3.8, 4) is 0 Å². The minimum atomic E-state index is -0.544. The molecule has 0 aromatic heterocycles. The molecule has 0 radical (unpaired) electrons. The number of rotatable bonds is 5. The normalized spacial score (nSPS) is 25.5. The van der Waals surface area contributed by atoms with Crippen LogP contribution in [0, 0.1) is 5.92 Å². The van der Waals surface area contributed by atoms with Crippen molar-refractivity contribution < 1.29 is 9.59 Å². The molecule has 1 aromatic rings. The Kier molecular flexibility index (Phi) is 5.44. The first-order valence-electron chi connectivity index (χ1n) is 9.75. The molecule has 1 aliphatic carbocycles. The summed E-state index contributed by atoms with van der Waals surface area (Å²) in [6.45, 7) is 7.63. The van der Waals surface area contributed by atoms with Crippen LogP contribution < -0.4 is 0 Å². The van der Waals surface area contributed by atoms with E-state index in [1.54, 1.807) is 9.80 Å². The van der Waals surface area contributed by atoms with Crippen LogP contribution in [0.4, 0.5) is 0 Å². The van der Waals surface area contributed by atoms with Crippen LogP contribution in [-0.4, -0.2) is 52.6 Å². The molecule has 1 spiro atoms. The second kappa shape index (κ2) is 7.60. The highest BCUT2D eigenvalue weighted by Crippen LogP contribution is 2.41. The lowest BCUT2D eigenvalue weighted by Crippen LogP contribution is -2.53. The first-order chi connectivity index (χ1) is 12.5. The van der Waals surface area contributed by atoms with Crippen LogP contribution in [0.3, 0.4) is 0 Å². The topological polar surface area (TPSA) is 53.0 Å². The lowest BCUT2D eigenvalue weighted by molar-refractivity contribution is -0.141.